The van der Waals surface area contributed by atoms with Crippen LogP contribution in [0.2, 0.25) is 0 Å². The van der Waals surface area contributed by atoms with Gasteiger partial charge in [-0.15, -0.1) is 0 Å². The van der Waals surface area contributed by atoms with Gasteiger partial charge in [0, 0.05) is 6.54 Å². The summed E-state index contributed by atoms with van der Waals surface area (Å²) in [6.07, 6.45) is 0.825. The zero-order valence-corrected chi connectivity index (χ0v) is 10.2. The van der Waals surface area contributed by atoms with Crippen LogP contribution in [-0.2, 0) is 6.54 Å². The van der Waals surface area contributed by atoms with Crippen molar-refractivity contribution < 1.29 is 9.52 Å². The zero-order chi connectivity index (χ0) is 11.7. The fourth-order valence-electron chi connectivity index (χ4n) is 2.06. The van der Waals surface area contributed by atoms with Gasteiger partial charge >= 0.3 is 0 Å². The van der Waals surface area contributed by atoms with Crippen LogP contribution in [0.3, 0.4) is 0 Å². The standard InChI is InChI=1S/C12H20N2O2/c1-8-4-5-14(6-11(8)15)7-12-13-9(2)10(3)16-12/h8,11,15H,4-7H2,1-3H3. The van der Waals surface area contributed by atoms with Gasteiger partial charge in [0.1, 0.15) is 5.76 Å². The number of rotatable bonds is 2. The number of aromatic nitrogens is 1. The van der Waals surface area contributed by atoms with Crippen LogP contribution in [0, 0.1) is 19.8 Å². The van der Waals surface area contributed by atoms with E-state index >= 15 is 0 Å². The highest BCUT2D eigenvalue weighted by Crippen LogP contribution is 2.19. The van der Waals surface area contributed by atoms with Gasteiger partial charge in [0.15, 0.2) is 0 Å². The third-order valence-corrected chi connectivity index (χ3v) is 3.43. The summed E-state index contributed by atoms with van der Waals surface area (Å²) < 4.78 is 5.54. The number of piperidine rings is 1. The molecule has 1 N–H and O–H groups in total. The summed E-state index contributed by atoms with van der Waals surface area (Å²) in [4.78, 5) is 6.56. The molecule has 0 saturated carbocycles. The summed E-state index contributed by atoms with van der Waals surface area (Å²) in [5.41, 5.74) is 0.959. The van der Waals surface area contributed by atoms with Crippen LogP contribution in [0.5, 0.6) is 0 Å². The molecule has 2 atom stereocenters. The van der Waals surface area contributed by atoms with Crippen LogP contribution in [0.1, 0.15) is 30.7 Å². The van der Waals surface area contributed by atoms with Gasteiger partial charge in [0.25, 0.3) is 0 Å². The lowest BCUT2D eigenvalue weighted by Gasteiger charge is -2.33. The number of aliphatic hydroxyl groups excluding tert-OH is 1. The van der Waals surface area contributed by atoms with Gasteiger partial charge in [0.05, 0.1) is 18.3 Å². The molecule has 1 fully saturated rings. The van der Waals surface area contributed by atoms with Crippen molar-refractivity contribution in [2.24, 2.45) is 5.92 Å². The molecule has 0 amide bonds. The number of hydrogen-bond acceptors (Lipinski definition) is 4. The lowest BCUT2D eigenvalue weighted by molar-refractivity contribution is 0.0226. The Kier molecular flexibility index (Phi) is 3.30. The molecular formula is C12H20N2O2. The first-order valence-electron chi connectivity index (χ1n) is 5.89. The van der Waals surface area contributed by atoms with Crippen molar-refractivity contribution in [3.05, 3.63) is 17.3 Å². The maximum absolute atomic E-state index is 9.79. The number of likely N-dealkylation sites (tertiary alicyclic amines) is 1. The minimum absolute atomic E-state index is 0.217. The van der Waals surface area contributed by atoms with Gasteiger partial charge in [-0.05, 0) is 32.7 Å². The molecule has 0 spiro atoms. The van der Waals surface area contributed by atoms with Crippen molar-refractivity contribution in [3.8, 4) is 0 Å². The summed E-state index contributed by atoms with van der Waals surface area (Å²) in [5, 5.41) is 9.79. The molecule has 0 aliphatic carbocycles. The molecule has 4 heteroatoms. The molecule has 16 heavy (non-hydrogen) atoms. The van der Waals surface area contributed by atoms with E-state index in [1.807, 2.05) is 13.8 Å². The molecule has 2 heterocycles. The third kappa shape index (κ3) is 2.44. The average Bonchev–Trinajstić information content (AvgIpc) is 2.52. The van der Waals surface area contributed by atoms with Crippen LogP contribution in [-0.4, -0.2) is 34.2 Å². The molecular weight excluding hydrogens is 204 g/mol. The Morgan fingerprint density at radius 2 is 2.25 bits per heavy atom. The second-order valence-corrected chi connectivity index (χ2v) is 4.82. The molecule has 4 nitrogen and oxygen atoms in total. The van der Waals surface area contributed by atoms with E-state index in [2.05, 4.69) is 16.8 Å². The molecule has 0 aromatic carbocycles. The Morgan fingerprint density at radius 3 is 2.81 bits per heavy atom. The highest BCUT2D eigenvalue weighted by molar-refractivity contribution is 5.05. The van der Waals surface area contributed by atoms with Crippen LogP contribution in [0.15, 0.2) is 4.42 Å². The van der Waals surface area contributed by atoms with Crippen LogP contribution in [0.25, 0.3) is 0 Å². The van der Waals surface area contributed by atoms with Crippen LogP contribution < -0.4 is 0 Å². The van der Waals surface area contributed by atoms with E-state index < -0.39 is 0 Å². The van der Waals surface area contributed by atoms with Gasteiger partial charge in [0.2, 0.25) is 5.89 Å². The lowest BCUT2D eigenvalue weighted by atomic mass is 9.96. The number of β-amino-alcohol motifs (C(OH)–C–C–N with tert-alkyl or cyclic N) is 1. The summed E-state index contributed by atoms with van der Waals surface area (Å²) >= 11 is 0. The number of hydrogen-bond donors (Lipinski definition) is 1. The minimum Gasteiger partial charge on any atom is -0.444 e. The van der Waals surface area contributed by atoms with Crippen LogP contribution in [0.4, 0.5) is 0 Å². The Labute approximate surface area is 96.3 Å². The fourth-order valence-corrected chi connectivity index (χ4v) is 2.06. The molecule has 0 bridgehead atoms. The number of aryl methyl sites for hydroxylation is 2. The maximum Gasteiger partial charge on any atom is 0.208 e. The molecule has 1 saturated heterocycles. The molecule has 0 radical (unpaired) electrons. The number of nitrogens with zero attached hydrogens (tertiary/aromatic N) is 2. The summed E-state index contributed by atoms with van der Waals surface area (Å²) in [6.45, 7) is 8.43. The molecule has 1 aliphatic heterocycles. The maximum atomic E-state index is 9.79. The Morgan fingerprint density at radius 1 is 1.50 bits per heavy atom. The van der Waals surface area contributed by atoms with E-state index in [-0.39, 0.29) is 6.10 Å². The Hall–Kier alpha value is -0.870. The SMILES string of the molecule is Cc1nc(CN2CCC(C)C(O)C2)oc1C. The van der Waals surface area contributed by atoms with Crippen molar-refractivity contribution in [2.75, 3.05) is 13.1 Å². The number of aliphatic hydroxyl groups is 1. The average molecular weight is 224 g/mol. The van der Waals surface area contributed by atoms with E-state index in [0.717, 1.165) is 36.9 Å². The largest absolute Gasteiger partial charge is 0.444 e. The van der Waals surface area contributed by atoms with E-state index in [9.17, 15) is 5.11 Å². The van der Waals surface area contributed by atoms with Gasteiger partial charge < -0.3 is 9.52 Å². The zero-order valence-electron chi connectivity index (χ0n) is 10.2. The van der Waals surface area contributed by atoms with Crippen LogP contribution >= 0.6 is 0 Å². The van der Waals surface area contributed by atoms with E-state index in [4.69, 9.17) is 4.42 Å². The topological polar surface area (TPSA) is 49.5 Å². The van der Waals surface area contributed by atoms with E-state index in [1.165, 1.54) is 0 Å². The summed E-state index contributed by atoms with van der Waals surface area (Å²) in [5.74, 6) is 2.06. The normalized spacial score (nSPS) is 27.2. The van der Waals surface area contributed by atoms with Gasteiger partial charge in [-0.3, -0.25) is 4.90 Å². The first kappa shape index (κ1) is 11.6. The first-order valence-corrected chi connectivity index (χ1v) is 5.89. The summed E-state index contributed by atoms with van der Waals surface area (Å²) in [6, 6.07) is 0. The first-order chi connectivity index (χ1) is 7.56. The van der Waals surface area contributed by atoms with Crippen molar-refractivity contribution in [1.82, 2.24) is 9.88 Å². The monoisotopic (exact) mass is 224 g/mol. The molecule has 90 valence electrons. The molecule has 1 aliphatic rings. The molecule has 2 unspecified atom stereocenters. The predicted octanol–water partition coefficient (Wildman–Crippen LogP) is 1.49. The van der Waals surface area contributed by atoms with Crippen molar-refractivity contribution in [1.29, 1.82) is 0 Å². The predicted molar refractivity (Wildman–Crippen MR) is 61.0 cm³/mol. The second kappa shape index (κ2) is 4.55. The highest BCUT2D eigenvalue weighted by atomic mass is 16.4. The van der Waals surface area contributed by atoms with Gasteiger partial charge in [-0.1, -0.05) is 6.92 Å². The third-order valence-electron chi connectivity index (χ3n) is 3.43. The lowest BCUT2D eigenvalue weighted by Crippen LogP contribution is -2.42. The molecule has 2 rings (SSSR count). The van der Waals surface area contributed by atoms with Gasteiger partial charge in [-0.2, -0.15) is 0 Å². The van der Waals surface area contributed by atoms with E-state index in [1.54, 1.807) is 0 Å². The molecule has 1 aromatic heterocycles. The van der Waals surface area contributed by atoms with Crippen molar-refractivity contribution >= 4 is 0 Å². The summed E-state index contributed by atoms with van der Waals surface area (Å²) in [7, 11) is 0. The van der Waals surface area contributed by atoms with Crippen molar-refractivity contribution in [3.63, 3.8) is 0 Å². The van der Waals surface area contributed by atoms with Gasteiger partial charge in [-0.25, -0.2) is 4.98 Å². The molecule has 1 aromatic rings. The number of oxazole rings is 1. The Bertz CT molecular complexity index is 342. The minimum atomic E-state index is -0.217. The fraction of sp³-hybridized carbons (Fsp3) is 0.750. The second-order valence-electron chi connectivity index (χ2n) is 4.82. The van der Waals surface area contributed by atoms with E-state index in [0.29, 0.717) is 12.5 Å². The smallest absolute Gasteiger partial charge is 0.208 e. The Balaban J connectivity index is 1.95. The quantitative estimate of drug-likeness (QED) is 0.827. The highest BCUT2D eigenvalue weighted by Gasteiger charge is 2.25. The van der Waals surface area contributed by atoms with Crippen molar-refractivity contribution in [2.45, 2.75) is 39.8 Å².